The molecule has 23 heavy (non-hydrogen) atoms. The Balaban J connectivity index is 1.93. The zero-order valence-electron chi connectivity index (χ0n) is 12.6. The molecule has 2 aromatic carbocycles. The number of anilines is 2. The molecule has 2 aromatic rings. The summed E-state index contributed by atoms with van der Waals surface area (Å²) in [4.78, 5) is 23.4. The van der Waals surface area contributed by atoms with Crippen LogP contribution in [0.25, 0.3) is 0 Å². The van der Waals surface area contributed by atoms with Crippen molar-refractivity contribution in [2.45, 2.75) is 12.8 Å². The van der Waals surface area contributed by atoms with E-state index in [-0.39, 0.29) is 12.3 Å². The highest BCUT2D eigenvalue weighted by molar-refractivity contribution is 6.30. The first-order chi connectivity index (χ1) is 11.0. The highest BCUT2D eigenvalue weighted by Gasteiger charge is 2.10. The van der Waals surface area contributed by atoms with Gasteiger partial charge in [-0.1, -0.05) is 17.7 Å². The number of rotatable bonds is 5. The molecule has 0 fully saturated rings. The van der Waals surface area contributed by atoms with Crippen LogP contribution in [-0.4, -0.2) is 19.0 Å². The van der Waals surface area contributed by atoms with Crippen molar-refractivity contribution in [1.29, 1.82) is 0 Å². The van der Waals surface area contributed by atoms with Crippen LogP contribution < -0.4 is 11.1 Å². The summed E-state index contributed by atoms with van der Waals surface area (Å²) in [6.45, 7) is 0. The maximum atomic E-state index is 11.9. The van der Waals surface area contributed by atoms with Crippen LogP contribution in [0.3, 0.4) is 0 Å². The van der Waals surface area contributed by atoms with Gasteiger partial charge in [-0.2, -0.15) is 0 Å². The number of methoxy groups -OCH3 is 1. The fourth-order valence-electron chi connectivity index (χ4n) is 2.07. The van der Waals surface area contributed by atoms with Crippen LogP contribution in [0.15, 0.2) is 42.5 Å². The van der Waals surface area contributed by atoms with Crippen molar-refractivity contribution in [3.05, 3.63) is 58.6 Å². The molecule has 5 nitrogen and oxygen atoms in total. The lowest BCUT2D eigenvalue weighted by atomic mass is 10.0. The number of nitrogen functional groups attached to an aromatic ring is 1. The van der Waals surface area contributed by atoms with Gasteiger partial charge in [0.2, 0.25) is 5.91 Å². The number of halogens is 1. The van der Waals surface area contributed by atoms with Crippen molar-refractivity contribution in [3.8, 4) is 0 Å². The van der Waals surface area contributed by atoms with E-state index in [1.807, 2.05) is 0 Å². The number of esters is 1. The number of ether oxygens (including phenoxy) is 1. The Morgan fingerprint density at radius 2 is 1.87 bits per heavy atom. The molecule has 0 saturated carbocycles. The molecule has 0 spiro atoms. The second-order valence-electron chi connectivity index (χ2n) is 4.96. The Bertz CT molecular complexity index is 714. The van der Waals surface area contributed by atoms with Gasteiger partial charge < -0.3 is 15.8 Å². The minimum Gasteiger partial charge on any atom is -0.465 e. The van der Waals surface area contributed by atoms with Gasteiger partial charge in [0.1, 0.15) is 0 Å². The summed E-state index contributed by atoms with van der Waals surface area (Å²) in [6, 6.07) is 11.8. The molecule has 120 valence electrons. The molecule has 0 aromatic heterocycles. The summed E-state index contributed by atoms with van der Waals surface area (Å²) < 4.78 is 4.64. The second-order valence-corrected chi connectivity index (χ2v) is 5.40. The smallest absolute Gasteiger partial charge is 0.337 e. The Morgan fingerprint density at radius 3 is 2.48 bits per heavy atom. The average Bonchev–Trinajstić information content (AvgIpc) is 2.55. The number of hydrogen-bond acceptors (Lipinski definition) is 4. The van der Waals surface area contributed by atoms with Crippen LogP contribution >= 0.6 is 11.6 Å². The van der Waals surface area contributed by atoms with E-state index in [9.17, 15) is 9.59 Å². The molecule has 2 rings (SSSR count). The number of hydrogen-bond donors (Lipinski definition) is 2. The van der Waals surface area contributed by atoms with Crippen LogP contribution in [0.5, 0.6) is 0 Å². The normalized spacial score (nSPS) is 10.2. The van der Waals surface area contributed by atoms with Crippen molar-refractivity contribution in [1.82, 2.24) is 0 Å². The first kappa shape index (κ1) is 16.8. The quantitative estimate of drug-likeness (QED) is 0.650. The van der Waals surface area contributed by atoms with Gasteiger partial charge in [0.15, 0.2) is 0 Å². The first-order valence-electron chi connectivity index (χ1n) is 7.01. The van der Waals surface area contributed by atoms with Gasteiger partial charge in [0.25, 0.3) is 0 Å². The molecule has 0 radical (unpaired) electrons. The standard InChI is InChI=1S/C17H17ClN2O3/c1-23-17(22)12-3-2-11(15(19)10-12)4-9-16(21)20-14-7-5-13(18)6-8-14/h2-3,5-8,10H,4,9,19H2,1H3,(H,20,21). The van der Waals surface area contributed by atoms with Gasteiger partial charge in [0.05, 0.1) is 12.7 Å². The lowest BCUT2D eigenvalue weighted by molar-refractivity contribution is -0.116. The summed E-state index contributed by atoms with van der Waals surface area (Å²) in [5.74, 6) is -0.563. The molecule has 6 heteroatoms. The van der Waals surface area contributed by atoms with Crippen LogP contribution in [0.1, 0.15) is 22.3 Å². The summed E-state index contributed by atoms with van der Waals surface area (Å²) in [5, 5.41) is 3.40. The van der Waals surface area contributed by atoms with E-state index in [0.29, 0.717) is 28.4 Å². The van der Waals surface area contributed by atoms with Crippen LogP contribution in [0, 0.1) is 0 Å². The van der Waals surface area contributed by atoms with Gasteiger partial charge in [-0.15, -0.1) is 0 Å². The van der Waals surface area contributed by atoms with Crippen molar-refractivity contribution in [3.63, 3.8) is 0 Å². The highest BCUT2D eigenvalue weighted by atomic mass is 35.5. The van der Waals surface area contributed by atoms with Gasteiger partial charge in [-0.05, 0) is 48.4 Å². The summed E-state index contributed by atoms with van der Waals surface area (Å²) in [5.41, 5.74) is 8.27. The van der Waals surface area contributed by atoms with Gasteiger partial charge >= 0.3 is 5.97 Å². The molecule has 0 aliphatic carbocycles. The van der Waals surface area contributed by atoms with Gasteiger partial charge in [-0.3, -0.25) is 4.79 Å². The van der Waals surface area contributed by atoms with Crippen molar-refractivity contribution >= 4 is 34.9 Å². The monoisotopic (exact) mass is 332 g/mol. The van der Waals surface area contributed by atoms with E-state index in [1.54, 1.807) is 42.5 Å². The Morgan fingerprint density at radius 1 is 1.17 bits per heavy atom. The lowest BCUT2D eigenvalue weighted by Crippen LogP contribution is -2.13. The molecule has 0 aliphatic rings. The lowest BCUT2D eigenvalue weighted by Gasteiger charge is -2.08. The third-order valence-electron chi connectivity index (χ3n) is 3.32. The molecular formula is C17H17ClN2O3. The molecule has 3 N–H and O–H groups in total. The average molecular weight is 333 g/mol. The zero-order valence-corrected chi connectivity index (χ0v) is 13.4. The Kier molecular flexibility index (Phi) is 5.60. The number of carbonyl (C=O) groups excluding carboxylic acids is 2. The number of amides is 1. The SMILES string of the molecule is COC(=O)c1ccc(CCC(=O)Nc2ccc(Cl)cc2)c(N)c1. The third-order valence-corrected chi connectivity index (χ3v) is 3.57. The Hall–Kier alpha value is -2.53. The van der Waals surface area contributed by atoms with Crippen LogP contribution in [-0.2, 0) is 16.0 Å². The zero-order chi connectivity index (χ0) is 16.8. The van der Waals surface area contributed by atoms with Crippen molar-refractivity contribution < 1.29 is 14.3 Å². The fraction of sp³-hybridized carbons (Fsp3) is 0.176. The number of aryl methyl sites for hydroxylation is 1. The van der Waals surface area contributed by atoms with Crippen LogP contribution in [0.2, 0.25) is 5.02 Å². The molecule has 0 aliphatic heterocycles. The summed E-state index contributed by atoms with van der Waals surface area (Å²) in [6.07, 6.45) is 0.761. The largest absolute Gasteiger partial charge is 0.465 e. The molecular weight excluding hydrogens is 316 g/mol. The predicted molar refractivity (Wildman–Crippen MR) is 90.6 cm³/mol. The number of benzene rings is 2. The van der Waals surface area contributed by atoms with Crippen molar-refractivity contribution in [2.24, 2.45) is 0 Å². The number of carbonyl (C=O) groups is 2. The topological polar surface area (TPSA) is 81.4 Å². The fourth-order valence-corrected chi connectivity index (χ4v) is 2.20. The molecule has 1 amide bonds. The maximum absolute atomic E-state index is 11.9. The van der Waals surface area contributed by atoms with E-state index < -0.39 is 5.97 Å². The van der Waals surface area contributed by atoms with Gasteiger partial charge in [-0.25, -0.2) is 4.79 Å². The minimum absolute atomic E-state index is 0.122. The molecule has 0 atom stereocenters. The summed E-state index contributed by atoms with van der Waals surface area (Å²) >= 11 is 5.79. The third kappa shape index (κ3) is 4.72. The Labute approximate surface area is 139 Å². The molecule has 0 heterocycles. The second kappa shape index (κ2) is 7.65. The van der Waals surface area contributed by atoms with Crippen LogP contribution in [0.4, 0.5) is 11.4 Å². The number of nitrogens with two attached hydrogens (primary N) is 1. The van der Waals surface area contributed by atoms with Crippen molar-refractivity contribution in [2.75, 3.05) is 18.2 Å². The van der Waals surface area contributed by atoms with E-state index in [0.717, 1.165) is 5.56 Å². The van der Waals surface area contributed by atoms with Gasteiger partial charge in [0, 0.05) is 22.8 Å². The number of nitrogens with one attached hydrogen (secondary N) is 1. The minimum atomic E-state index is -0.441. The maximum Gasteiger partial charge on any atom is 0.337 e. The molecule has 0 saturated heterocycles. The first-order valence-corrected chi connectivity index (χ1v) is 7.39. The molecule has 0 unspecified atom stereocenters. The van der Waals surface area contributed by atoms with E-state index in [1.165, 1.54) is 7.11 Å². The van der Waals surface area contributed by atoms with E-state index in [2.05, 4.69) is 10.1 Å². The van der Waals surface area contributed by atoms with E-state index in [4.69, 9.17) is 17.3 Å². The molecule has 0 bridgehead atoms. The van der Waals surface area contributed by atoms with E-state index >= 15 is 0 Å². The summed E-state index contributed by atoms with van der Waals surface area (Å²) in [7, 11) is 1.31. The predicted octanol–water partition coefficient (Wildman–Crippen LogP) is 3.28. The highest BCUT2D eigenvalue weighted by Crippen LogP contribution is 2.18.